The van der Waals surface area contributed by atoms with E-state index >= 15 is 0 Å². The highest BCUT2D eigenvalue weighted by Crippen LogP contribution is 2.42. The van der Waals surface area contributed by atoms with Crippen molar-refractivity contribution in [3.05, 3.63) is 254 Å². The van der Waals surface area contributed by atoms with Crippen molar-refractivity contribution >= 4 is 56.9 Å². The summed E-state index contributed by atoms with van der Waals surface area (Å²) in [7, 11) is 0. The van der Waals surface area contributed by atoms with E-state index in [0.29, 0.717) is 0 Å². The summed E-state index contributed by atoms with van der Waals surface area (Å²) in [6.45, 7) is 4.11. The zero-order chi connectivity index (χ0) is 40.9. The van der Waals surface area contributed by atoms with Gasteiger partial charge in [0.2, 0.25) is 0 Å². The molecule has 0 amide bonds. The van der Waals surface area contributed by atoms with Gasteiger partial charge in [0.1, 0.15) is 0 Å². The van der Waals surface area contributed by atoms with Crippen LogP contribution in [0.25, 0.3) is 0 Å². The maximum Gasteiger partial charge on any atom is 0.0463 e. The quantitative estimate of drug-likeness (QED) is 0.102. The fraction of sp³-hybridized carbons (Fsp3) is 0.0714. The van der Waals surface area contributed by atoms with Gasteiger partial charge in [-0.3, -0.25) is 0 Å². The number of benzene rings is 7. The molecule has 0 bridgehead atoms. The van der Waals surface area contributed by atoms with Crippen LogP contribution in [-0.2, 0) is 0 Å². The van der Waals surface area contributed by atoms with Gasteiger partial charge in [0.25, 0.3) is 0 Å². The van der Waals surface area contributed by atoms with Gasteiger partial charge >= 0.3 is 0 Å². The van der Waals surface area contributed by atoms with Crippen LogP contribution in [0.5, 0.6) is 0 Å². The molecule has 60 heavy (non-hydrogen) atoms. The highest BCUT2D eigenvalue weighted by atomic mass is 15.2. The molecule has 1 aliphatic rings. The number of hydrogen-bond acceptors (Lipinski definition) is 4. The Morgan fingerprint density at radius 2 is 0.733 bits per heavy atom. The van der Waals surface area contributed by atoms with Crippen LogP contribution in [0.2, 0.25) is 0 Å². The van der Waals surface area contributed by atoms with Gasteiger partial charge in [0.05, 0.1) is 0 Å². The van der Waals surface area contributed by atoms with Crippen LogP contribution in [0.1, 0.15) is 26.7 Å². The summed E-state index contributed by atoms with van der Waals surface area (Å²) in [5.74, 6) is 0. The first-order valence-corrected chi connectivity index (χ1v) is 20.7. The van der Waals surface area contributed by atoms with Crippen molar-refractivity contribution in [3.63, 3.8) is 0 Å². The minimum atomic E-state index is 1.03. The van der Waals surface area contributed by atoms with E-state index in [1.807, 2.05) is 6.92 Å². The second kappa shape index (κ2) is 19.3. The maximum atomic E-state index is 2.34. The number of anilines is 10. The molecule has 8 rings (SSSR count). The van der Waals surface area contributed by atoms with Crippen LogP contribution in [0, 0.1) is 0 Å². The molecule has 7 aromatic carbocycles. The highest BCUT2D eigenvalue weighted by Gasteiger charge is 2.20. The van der Waals surface area contributed by atoms with E-state index in [1.165, 1.54) is 5.70 Å². The van der Waals surface area contributed by atoms with Crippen molar-refractivity contribution < 1.29 is 0 Å². The lowest BCUT2D eigenvalue weighted by molar-refractivity contribution is 0.997. The SMILES string of the molecule is C\C=C/C=C(\C=C/C)N(c1ccccc1)c1ccc(N(c2ccc(N(C3=CCCC=C3)c3ccccc3)cc2)c2ccc(N(c3ccccc3)c3ccccc3)cc2)cc1. The molecule has 4 heteroatoms. The molecule has 0 fully saturated rings. The van der Waals surface area contributed by atoms with E-state index in [4.69, 9.17) is 0 Å². The molecule has 0 unspecified atom stereocenters. The average Bonchev–Trinajstić information content (AvgIpc) is 3.32. The zero-order valence-corrected chi connectivity index (χ0v) is 34.3. The van der Waals surface area contributed by atoms with Crippen LogP contribution in [0.15, 0.2) is 254 Å². The summed E-state index contributed by atoms with van der Waals surface area (Å²) in [6.07, 6.45) is 19.5. The van der Waals surface area contributed by atoms with Gasteiger partial charge in [-0.25, -0.2) is 0 Å². The molecule has 294 valence electrons. The lowest BCUT2D eigenvalue weighted by atomic mass is 10.1. The van der Waals surface area contributed by atoms with Gasteiger partial charge in [0.15, 0.2) is 0 Å². The minimum Gasteiger partial charge on any atom is -0.311 e. The van der Waals surface area contributed by atoms with E-state index in [2.05, 4.69) is 269 Å². The molecular formula is C56H50N4. The molecule has 0 aliphatic heterocycles. The zero-order valence-electron chi connectivity index (χ0n) is 34.3. The molecule has 0 N–H and O–H groups in total. The Labute approximate surface area is 355 Å². The van der Waals surface area contributed by atoms with Crippen molar-refractivity contribution in [3.8, 4) is 0 Å². The van der Waals surface area contributed by atoms with Gasteiger partial charge < -0.3 is 19.6 Å². The summed E-state index contributed by atoms with van der Waals surface area (Å²) < 4.78 is 0. The Morgan fingerprint density at radius 1 is 0.383 bits per heavy atom. The molecule has 1 aliphatic carbocycles. The summed E-state index contributed by atoms with van der Waals surface area (Å²) in [6, 6.07) is 69.0. The lowest BCUT2D eigenvalue weighted by Crippen LogP contribution is -2.17. The van der Waals surface area contributed by atoms with Gasteiger partial charge in [-0.1, -0.05) is 103 Å². The van der Waals surface area contributed by atoms with Crippen LogP contribution in [-0.4, -0.2) is 0 Å². The summed E-state index contributed by atoms with van der Waals surface area (Å²) in [5.41, 5.74) is 13.1. The number of rotatable bonds is 14. The molecule has 0 saturated heterocycles. The van der Waals surface area contributed by atoms with Gasteiger partial charge in [-0.2, -0.15) is 0 Å². The van der Waals surface area contributed by atoms with Crippen LogP contribution in [0.3, 0.4) is 0 Å². The van der Waals surface area contributed by atoms with E-state index in [0.717, 1.165) is 75.4 Å². The molecule has 0 heterocycles. The Hall–Kier alpha value is -7.56. The molecule has 0 radical (unpaired) electrons. The molecule has 4 nitrogen and oxygen atoms in total. The van der Waals surface area contributed by atoms with E-state index in [9.17, 15) is 0 Å². The van der Waals surface area contributed by atoms with E-state index in [1.54, 1.807) is 0 Å². The van der Waals surface area contributed by atoms with Crippen molar-refractivity contribution in [2.24, 2.45) is 0 Å². The molecule has 0 spiro atoms. The normalized spacial score (nSPS) is 12.7. The Kier molecular flexibility index (Phi) is 12.6. The first kappa shape index (κ1) is 39.3. The average molecular weight is 779 g/mol. The standard InChI is InChI=1S/C56H50N4/c1-3-5-22-45(21-4-2)57(46-23-11-6-12-24-46)51-33-39-54(40-34-51)60(55-41-35-52(36-42-55)58(47-25-13-7-14-26-47)48-27-15-8-16-28-48)56-43-37-53(38-44-56)59(49-29-17-9-18-30-49)50-31-19-10-20-32-50/h3-9,11-19,21-44H,10,20H2,1-2H3/b5-3-,21-4-,45-22+. The molecule has 7 aromatic rings. The summed E-state index contributed by atoms with van der Waals surface area (Å²) >= 11 is 0. The predicted octanol–water partition coefficient (Wildman–Crippen LogP) is 16.2. The second-order valence-electron chi connectivity index (χ2n) is 14.5. The Morgan fingerprint density at radius 3 is 1.12 bits per heavy atom. The third-order valence-corrected chi connectivity index (χ3v) is 10.4. The predicted molar refractivity (Wildman–Crippen MR) is 257 cm³/mol. The third kappa shape index (κ3) is 8.94. The lowest BCUT2D eigenvalue weighted by Gasteiger charge is -2.31. The van der Waals surface area contributed by atoms with Gasteiger partial charge in [0, 0.05) is 68.3 Å². The number of hydrogen-bond donors (Lipinski definition) is 0. The van der Waals surface area contributed by atoms with Crippen LogP contribution in [0.4, 0.5) is 56.9 Å². The monoisotopic (exact) mass is 778 g/mol. The summed E-state index contributed by atoms with van der Waals surface area (Å²) in [5, 5.41) is 0. The van der Waals surface area contributed by atoms with Crippen molar-refractivity contribution in [1.82, 2.24) is 0 Å². The summed E-state index contributed by atoms with van der Waals surface area (Å²) in [4.78, 5) is 9.28. The Bertz CT molecular complexity index is 2530. The molecule has 0 saturated carbocycles. The smallest absolute Gasteiger partial charge is 0.0463 e. The fourth-order valence-electron chi connectivity index (χ4n) is 7.69. The van der Waals surface area contributed by atoms with Gasteiger partial charge in [-0.15, -0.1) is 0 Å². The topological polar surface area (TPSA) is 13.0 Å². The highest BCUT2D eigenvalue weighted by molar-refractivity contribution is 5.83. The van der Waals surface area contributed by atoms with E-state index in [-0.39, 0.29) is 0 Å². The van der Waals surface area contributed by atoms with Crippen LogP contribution >= 0.6 is 0 Å². The third-order valence-electron chi connectivity index (χ3n) is 10.4. The minimum absolute atomic E-state index is 1.03. The first-order chi connectivity index (χ1) is 29.7. The van der Waals surface area contributed by atoms with Crippen molar-refractivity contribution in [2.45, 2.75) is 26.7 Å². The number of allylic oxidation sites excluding steroid dienone is 8. The molecule has 0 atom stereocenters. The first-order valence-electron chi connectivity index (χ1n) is 20.7. The number of para-hydroxylation sites is 4. The largest absolute Gasteiger partial charge is 0.311 e. The van der Waals surface area contributed by atoms with Crippen molar-refractivity contribution in [1.29, 1.82) is 0 Å². The van der Waals surface area contributed by atoms with Crippen molar-refractivity contribution in [2.75, 3.05) is 19.6 Å². The number of nitrogens with zero attached hydrogens (tertiary/aromatic N) is 4. The fourth-order valence-corrected chi connectivity index (χ4v) is 7.69. The second-order valence-corrected chi connectivity index (χ2v) is 14.5. The molecule has 0 aromatic heterocycles. The maximum absolute atomic E-state index is 2.34. The van der Waals surface area contributed by atoms with Gasteiger partial charge in [-0.05, 0) is 166 Å². The molecular weight excluding hydrogens is 729 g/mol. The van der Waals surface area contributed by atoms with E-state index < -0.39 is 0 Å². The van der Waals surface area contributed by atoms with Crippen LogP contribution < -0.4 is 19.6 Å². The Balaban J connectivity index is 1.22.